The third-order valence-electron chi connectivity index (χ3n) is 5.83. The highest BCUT2D eigenvalue weighted by molar-refractivity contribution is 6.32. The first kappa shape index (κ1) is 21.2. The van der Waals surface area contributed by atoms with Crippen molar-refractivity contribution in [3.05, 3.63) is 64.6 Å². The van der Waals surface area contributed by atoms with Gasteiger partial charge in [0.15, 0.2) is 6.61 Å². The highest BCUT2D eigenvalue weighted by Gasteiger charge is 2.30. The van der Waals surface area contributed by atoms with Crippen LogP contribution in [0.2, 0.25) is 5.02 Å². The first-order valence-electron chi connectivity index (χ1n) is 9.99. The van der Waals surface area contributed by atoms with E-state index in [-0.39, 0.29) is 30.9 Å². The van der Waals surface area contributed by atoms with Gasteiger partial charge in [-0.15, -0.1) is 0 Å². The molecular weight excluding hydrogens is 423 g/mol. The molecule has 1 aliphatic rings. The van der Waals surface area contributed by atoms with Crippen molar-refractivity contribution in [2.75, 3.05) is 13.7 Å². The predicted molar refractivity (Wildman–Crippen MR) is 115 cm³/mol. The summed E-state index contributed by atoms with van der Waals surface area (Å²) in [4.78, 5) is 25.7. The lowest BCUT2D eigenvalue weighted by Crippen LogP contribution is -2.43. The van der Waals surface area contributed by atoms with Crippen molar-refractivity contribution in [2.45, 2.75) is 31.8 Å². The lowest BCUT2D eigenvalue weighted by atomic mass is 9.90. The van der Waals surface area contributed by atoms with Gasteiger partial charge in [-0.3, -0.25) is 9.59 Å². The molecule has 0 spiro atoms. The molecule has 8 heteroatoms. The van der Waals surface area contributed by atoms with Gasteiger partial charge >= 0.3 is 5.97 Å². The Balaban J connectivity index is 1.54. The largest absolute Gasteiger partial charge is 0.482 e. The average Bonchev–Trinajstić information content (AvgIpc) is 3.04. The van der Waals surface area contributed by atoms with Gasteiger partial charge in [-0.2, -0.15) is 0 Å². The fourth-order valence-electron chi connectivity index (χ4n) is 4.26. The number of ether oxygens (including phenoxy) is 1. The Kier molecular flexibility index (Phi) is 5.87. The minimum atomic E-state index is -0.949. The summed E-state index contributed by atoms with van der Waals surface area (Å²) in [5.74, 6) is -1.06. The molecule has 0 radical (unpaired) electrons. The number of carbonyl (C=O) groups is 2. The average molecular weight is 445 g/mol. The lowest BCUT2D eigenvalue weighted by molar-refractivity contribution is -0.137. The smallest absolute Gasteiger partial charge is 0.323 e. The van der Waals surface area contributed by atoms with E-state index in [1.54, 1.807) is 46.8 Å². The van der Waals surface area contributed by atoms with E-state index < -0.39 is 5.97 Å². The van der Waals surface area contributed by atoms with Crippen LogP contribution in [0.1, 0.15) is 17.7 Å². The first-order chi connectivity index (χ1) is 14.8. The summed E-state index contributed by atoms with van der Waals surface area (Å²) in [6.45, 7) is -0.318. The number of rotatable bonds is 6. The summed E-state index contributed by atoms with van der Waals surface area (Å²) in [6.07, 6.45) is 1.81. The van der Waals surface area contributed by atoms with Gasteiger partial charge in [0, 0.05) is 29.7 Å². The highest BCUT2D eigenvalue weighted by Crippen LogP contribution is 2.34. The highest BCUT2D eigenvalue weighted by atomic mass is 35.5. The number of carbonyl (C=O) groups excluding carboxylic acids is 1. The second-order valence-corrected chi connectivity index (χ2v) is 8.09. The zero-order valence-corrected chi connectivity index (χ0v) is 17.7. The molecule has 4 rings (SSSR count). The number of fused-ring (bicyclic) bond motifs is 3. The van der Waals surface area contributed by atoms with E-state index in [1.165, 1.54) is 12.1 Å². The lowest BCUT2D eigenvalue weighted by Gasteiger charge is -2.32. The fourth-order valence-corrected chi connectivity index (χ4v) is 4.45. The van der Waals surface area contributed by atoms with Gasteiger partial charge < -0.3 is 19.3 Å². The Labute approximate surface area is 183 Å². The summed E-state index contributed by atoms with van der Waals surface area (Å²) >= 11 is 6.07. The molecule has 31 heavy (non-hydrogen) atoms. The third-order valence-corrected chi connectivity index (χ3v) is 6.14. The quantitative estimate of drug-likeness (QED) is 0.625. The van der Waals surface area contributed by atoms with Gasteiger partial charge in [-0.05, 0) is 55.2 Å². The molecule has 162 valence electrons. The number of para-hydroxylation sites is 1. The molecule has 1 aromatic heterocycles. The van der Waals surface area contributed by atoms with Crippen LogP contribution in [0.15, 0.2) is 42.5 Å². The molecule has 2 aromatic carbocycles. The number of amides is 1. The summed E-state index contributed by atoms with van der Waals surface area (Å²) in [5, 5.41) is 10.5. The Morgan fingerprint density at radius 2 is 2.06 bits per heavy atom. The number of aromatic nitrogens is 1. The van der Waals surface area contributed by atoms with Crippen molar-refractivity contribution < 1.29 is 23.8 Å². The van der Waals surface area contributed by atoms with Crippen molar-refractivity contribution in [3.63, 3.8) is 0 Å². The first-order valence-corrected chi connectivity index (χ1v) is 10.4. The van der Waals surface area contributed by atoms with Gasteiger partial charge in [-0.1, -0.05) is 23.7 Å². The number of benzene rings is 2. The third kappa shape index (κ3) is 4.23. The van der Waals surface area contributed by atoms with Gasteiger partial charge in [0.25, 0.3) is 5.91 Å². The van der Waals surface area contributed by atoms with E-state index in [2.05, 4.69) is 0 Å². The summed E-state index contributed by atoms with van der Waals surface area (Å²) in [6, 6.07) is 11.3. The molecule has 0 fully saturated rings. The van der Waals surface area contributed by atoms with E-state index in [9.17, 15) is 19.1 Å². The summed E-state index contributed by atoms with van der Waals surface area (Å²) < 4.78 is 21.3. The molecule has 1 aliphatic carbocycles. The van der Waals surface area contributed by atoms with Crippen LogP contribution in [0, 0.1) is 5.82 Å². The molecule has 1 heterocycles. The maximum absolute atomic E-state index is 13.9. The zero-order chi connectivity index (χ0) is 22.1. The van der Waals surface area contributed by atoms with Crippen LogP contribution in [0.4, 0.5) is 4.39 Å². The minimum Gasteiger partial charge on any atom is -0.482 e. The molecule has 1 amide bonds. The van der Waals surface area contributed by atoms with Crippen molar-refractivity contribution in [3.8, 4) is 5.75 Å². The summed E-state index contributed by atoms with van der Waals surface area (Å²) in [5.41, 5.74) is 2.50. The van der Waals surface area contributed by atoms with Crippen LogP contribution < -0.4 is 4.74 Å². The van der Waals surface area contributed by atoms with Gasteiger partial charge in [0.2, 0.25) is 0 Å². The normalized spacial score (nSPS) is 15.5. The Morgan fingerprint density at radius 1 is 1.29 bits per heavy atom. The van der Waals surface area contributed by atoms with Crippen LogP contribution >= 0.6 is 11.6 Å². The number of aliphatic carboxylic acids is 1. The van der Waals surface area contributed by atoms with Crippen molar-refractivity contribution in [2.24, 2.45) is 0 Å². The summed E-state index contributed by atoms with van der Waals surface area (Å²) in [7, 11) is 1.73. The monoisotopic (exact) mass is 444 g/mol. The van der Waals surface area contributed by atoms with Crippen LogP contribution in [0.3, 0.4) is 0 Å². The number of likely N-dealkylation sites (N-methyl/N-ethyl adjacent to an activating group) is 1. The predicted octanol–water partition coefficient (Wildman–Crippen LogP) is 3.91. The number of carboxylic acids is 1. The number of hydrogen-bond donors (Lipinski definition) is 1. The van der Waals surface area contributed by atoms with E-state index in [1.807, 2.05) is 0 Å². The zero-order valence-electron chi connectivity index (χ0n) is 17.0. The van der Waals surface area contributed by atoms with E-state index in [0.29, 0.717) is 40.9 Å². The molecule has 0 saturated heterocycles. The van der Waals surface area contributed by atoms with Crippen molar-refractivity contribution in [1.82, 2.24) is 9.47 Å². The number of nitrogens with zero attached hydrogens (tertiary/aromatic N) is 2. The molecule has 1 atom stereocenters. The molecule has 0 bridgehead atoms. The molecule has 1 unspecified atom stereocenters. The maximum Gasteiger partial charge on any atom is 0.323 e. The number of halogens is 2. The number of hydrogen-bond acceptors (Lipinski definition) is 3. The van der Waals surface area contributed by atoms with Crippen molar-refractivity contribution >= 4 is 34.4 Å². The second kappa shape index (κ2) is 8.59. The molecule has 0 saturated carbocycles. The topological polar surface area (TPSA) is 71.8 Å². The second-order valence-electron chi connectivity index (χ2n) is 7.69. The maximum atomic E-state index is 13.9. The molecule has 3 aromatic rings. The van der Waals surface area contributed by atoms with Crippen LogP contribution in [0.25, 0.3) is 10.9 Å². The molecule has 0 aliphatic heterocycles. The van der Waals surface area contributed by atoms with Gasteiger partial charge in [0.05, 0.1) is 5.02 Å². The Bertz CT molecular complexity index is 1160. The van der Waals surface area contributed by atoms with Gasteiger partial charge in [-0.25, -0.2) is 4.39 Å². The van der Waals surface area contributed by atoms with Crippen LogP contribution in [0.5, 0.6) is 5.75 Å². The van der Waals surface area contributed by atoms with Crippen LogP contribution in [-0.2, 0) is 29.0 Å². The molecular formula is C23H22ClFN2O4. The SMILES string of the molecule is CN(C(=O)COc1ccccc1Cl)C1CCc2c(c3cc(F)ccc3n2CC(=O)O)C1. The molecule has 1 N–H and O–H groups in total. The van der Waals surface area contributed by atoms with E-state index in [0.717, 1.165) is 11.3 Å². The van der Waals surface area contributed by atoms with Gasteiger partial charge in [0.1, 0.15) is 18.1 Å². The Morgan fingerprint density at radius 3 is 2.81 bits per heavy atom. The van der Waals surface area contributed by atoms with E-state index >= 15 is 0 Å². The minimum absolute atomic E-state index is 0.0954. The standard InChI is InChI=1S/C23H22ClFN2O4/c1-26(22(28)13-31-21-5-3-2-4-18(21)24)15-7-9-20-17(11-15)16-10-14(25)6-8-19(16)27(20)12-23(29)30/h2-6,8,10,15H,7,9,11-13H2,1H3,(H,29,30). The Hall–Kier alpha value is -3.06. The number of carboxylic acid groups (broad SMARTS) is 1. The van der Waals surface area contributed by atoms with Crippen LogP contribution in [-0.4, -0.2) is 46.1 Å². The van der Waals surface area contributed by atoms with Crippen molar-refractivity contribution in [1.29, 1.82) is 0 Å². The fraction of sp³-hybridized carbons (Fsp3) is 0.304. The molecule has 6 nitrogen and oxygen atoms in total. The van der Waals surface area contributed by atoms with E-state index in [4.69, 9.17) is 16.3 Å².